The van der Waals surface area contributed by atoms with Gasteiger partial charge in [-0.3, -0.25) is 4.90 Å². The van der Waals surface area contributed by atoms with Crippen LogP contribution in [0.5, 0.6) is 11.5 Å². The standard InChI is InChI=1S/C29H29F3N4O5/c1-5-40-35-27(21-10-14-24(15-11-21)41-25-16-12-23(13-17-25)29(30,31)32)20(2)34-33-18-22-8-6-7-9-26(22)36(19-38-3)28(37)39-4/h6-18H,5,19H2,1-4H3. The molecule has 0 spiro atoms. The summed E-state index contributed by atoms with van der Waals surface area (Å²) in [5.41, 5.74) is 1.85. The summed E-state index contributed by atoms with van der Waals surface area (Å²) in [6.07, 6.45) is -3.52. The Bertz CT molecular complexity index is 1390. The molecule has 0 aliphatic carbocycles. The highest BCUT2D eigenvalue weighted by molar-refractivity contribution is 6.47. The van der Waals surface area contributed by atoms with E-state index >= 15 is 0 Å². The molecule has 1 amide bonds. The average molecular weight is 571 g/mol. The highest BCUT2D eigenvalue weighted by Gasteiger charge is 2.30. The molecule has 0 unspecified atom stereocenters. The Kier molecular flexibility index (Phi) is 11.0. The Morgan fingerprint density at radius 1 is 0.951 bits per heavy atom. The molecule has 0 heterocycles. The number of carbonyl (C=O) groups excluding carboxylic acids is 1. The number of anilines is 1. The van der Waals surface area contributed by atoms with Gasteiger partial charge in [0, 0.05) is 18.2 Å². The molecule has 0 atom stereocenters. The second-order valence-corrected chi connectivity index (χ2v) is 8.31. The first-order valence-corrected chi connectivity index (χ1v) is 12.3. The first-order valence-electron chi connectivity index (χ1n) is 12.3. The maximum Gasteiger partial charge on any atom is 0.416 e. The summed E-state index contributed by atoms with van der Waals surface area (Å²) in [7, 11) is 2.74. The van der Waals surface area contributed by atoms with E-state index in [1.165, 1.54) is 37.5 Å². The van der Waals surface area contributed by atoms with Crippen LogP contribution in [0.3, 0.4) is 0 Å². The summed E-state index contributed by atoms with van der Waals surface area (Å²) < 4.78 is 54.1. The number of rotatable bonds is 11. The van der Waals surface area contributed by atoms with Crippen molar-refractivity contribution in [3.05, 3.63) is 89.5 Å². The van der Waals surface area contributed by atoms with Gasteiger partial charge in [0.1, 0.15) is 30.5 Å². The monoisotopic (exact) mass is 570 g/mol. The van der Waals surface area contributed by atoms with E-state index in [0.29, 0.717) is 40.6 Å². The van der Waals surface area contributed by atoms with Gasteiger partial charge in [0.15, 0.2) is 0 Å². The van der Waals surface area contributed by atoms with Crippen LogP contribution in [0.2, 0.25) is 0 Å². The van der Waals surface area contributed by atoms with Crippen LogP contribution in [0.15, 0.2) is 88.2 Å². The summed E-state index contributed by atoms with van der Waals surface area (Å²) >= 11 is 0. The summed E-state index contributed by atoms with van der Waals surface area (Å²) in [4.78, 5) is 18.8. The van der Waals surface area contributed by atoms with Crippen molar-refractivity contribution in [2.45, 2.75) is 20.0 Å². The number of methoxy groups -OCH3 is 2. The van der Waals surface area contributed by atoms with Gasteiger partial charge in [-0.2, -0.15) is 23.4 Å². The van der Waals surface area contributed by atoms with Crippen LogP contribution in [-0.2, 0) is 20.5 Å². The van der Waals surface area contributed by atoms with E-state index in [4.69, 9.17) is 19.0 Å². The number of hydrogen-bond acceptors (Lipinski definition) is 8. The lowest BCUT2D eigenvalue weighted by molar-refractivity contribution is -0.137. The Balaban J connectivity index is 1.80. The average Bonchev–Trinajstić information content (AvgIpc) is 2.96. The van der Waals surface area contributed by atoms with Gasteiger partial charge in [0.25, 0.3) is 0 Å². The Labute approximate surface area is 235 Å². The molecule has 0 fully saturated rings. The van der Waals surface area contributed by atoms with Crippen LogP contribution in [0.4, 0.5) is 23.7 Å². The quantitative estimate of drug-likeness (QED) is 0.142. The minimum absolute atomic E-state index is 0.0242. The van der Waals surface area contributed by atoms with E-state index in [2.05, 4.69) is 15.4 Å². The number of hydrogen-bond donors (Lipinski definition) is 0. The summed E-state index contributed by atoms with van der Waals surface area (Å²) in [6.45, 7) is 3.80. The normalized spacial score (nSPS) is 12.4. The van der Waals surface area contributed by atoms with Gasteiger partial charge in [-0.1, -0.05) is 23.4 Å². The molecule has 0 bridgehead atoms. The SMILES string of the molecule is CCON=C(C(C)=NN=Cc1ccccc1N(COC)C(=O)OC)c1ccc(Oc2ccc(C(F)(F)F)cc2)cc1. The molecule has 0 N–H and O–H groups in total. The van der Waals surface area contributed by atoms with E-state index in [-0.39, 0.29) is 12.5 Å². The van der Waals surface area contributed by atoms with Gasteiger partial charge < -0.3 is 19.0 Å². The summed E-state index contributed by atoms with van der Waals surface area (Å²) in [5, 5.41) is 12.6. The van der Waals surface area contributed by atoms with E-state index in [9.17, 15) is 18.0 Å². The van der Waals surface area contributed by atoms with Gasteiger partial charge in [0.2, 0.25) is 0 Å². The van der Waals surface area contributed by atoms with Crippen molar-refractivity contribution in [3.8, 4) is 11.5 Å². The first-order chi connectivity index (χ1) is 19.7. The molecule has 216 valence electrons. The van der Waals surface area contributed by atoms with Gasteiger partial charge in [-0.25, -0.2) is 4.79 Å². The lowest BCUT2D eigenvalue weighted by atomic mass is 10.1. The van der Waals surface area contributed by atoms with Crippen molar-refractivity contribution in [2.75, 3.05) is 32.5 Å². The molecule has 0 aromatic heterocycles. The Morgan fingerprint density at radius 2 is 1.59 bits per heavy atom. The third kappa shape index (κ3) is 8.64. The van der Waals surface area contributed by atoms with Crippen LogP contribution < -0.4 is 9.64 Å². The number of carbonyl (C=O) groups is 1. The van der Waals surface area contributed by atoms with Crippen LogP contribution in [-0.4, -0.2) is 51.3 Å². The molecule has 41 heavy (non-hydrogen) atoms. The van der Waals surface area contributed by atoms with Crippen molar-refractivity contribution in [2.24, 2.45) is 15.4 Å². The van der Waals surface area contributed by atoms with Crippen LogP contribution in [0, 0.1) is 0 Å². The van der Waals surface area contributed by atoms with Gasteiger partial charge >= 0.3 is 12.3 Å². The Hall–Kier alpha value is -4.71. The van der Waals surface area contributed by atoms with Crippen molar-refractivity contribution >= 4 is 29.4 Å². The molecule has 0 radical (unpaired) electrons. The molecule has 0 saturated carbocycles. The third-order valence-corrected chi connectivity index (χ3v) is 5.46. The molecular weight excluding hydrogens is 541 g/mol. The van der Waals surface area contributed by atoms with Crippen LogP contribution >= 0.6 is 0 Å². The second kappa shape index (κ2) is 14.6. The number of oxime groups is 1. The predicted molar refractivity (Wildman–Crippen MR) is 150 cm³/mol. The van der Waals surface area contributed by atoms with Crippen molar-refractivity contribution < 1.29 is 37.0 Å². The Morgan fingerprint density at radius 3 is 2.17 bits per heavy atom. The van der Waals surface area contributed by atoms with Gasteiger partial charge in [0.05, 0.1) is 30.3 Å². The summed E-state index contributed by atoms with van der Waals surface area (Å²) in [6, 6.07) is 18.2. The van der Waals surface area contributed by atoms with Crippen molar-refractivity contribution in [3.63, 3.8) is 0 Å². The first kappa shape index (κ1) is 30.8. The zero-order valence-electron chi connectivity index (χ0n) is 22.9. The highest BCUT2D eigenvalue weighted by Crippen LogP contribution is 2.31. The molecular formula is C29H29F3N4O5. The fraction of sp³-hybridized carbons (Fsp3) is 0.241. The number of alkyl halides is 3. The van der Waals surface area contributed by atoms with Crippen LogP contribution in [0.25, 0.3) is 0 Å². The minimum Gasteiger partial charge on any atom is -0.457 e. The molecule has 9 nitrogen and oxygen atoms in total. The lowest BCUT2D eigenvalue weighted by Gasteiger charge is -2.21. The smallest absolute Gasteiger partial charge is 0.416 e. The molecule has 3 aromatic rings. The molecule has 0 aliphatic rings. The number of ether oxygens (including phenoxy) is 3. The zero-order valence-corrected chi connectivity index (χ0v) is 22.9. The topological polar surface area (TPSA) is 94.3 Å². The van der Waals surface area contributed by atoms with E-state index < -0.39 is 17.8 Å². The molecule has 12 heteroatoms. The number of para-hydroxylation sites is 1. The summed E-state index contributed by atoms with van der Waals surface area (Å²) in [5.74, 6) is 0.678. The van der Waals surface area contributed by atoms with Crippen molar-refractivity contribution in [1.82, 2.24) is 0 Å². The second-order valence-electron chi connectivity index (χ2n) is 8.31. The van der Waals surface area contributed by atoms with E-state index in [0.717, 1.165) is 12.1 Å². The number of amides is 1. The van der Waals surface area contributed by atoms with E-state index in [1.54, 1.807) is 62.4 Å². The third-order valence-electron chi connectivity index (χ3n) is 5.46. The molecule has 3 aromatic carbocycles. The minimum atomic E-state index is -4.42. The van der Waals surface area contributed by atoms with Gasteiger partial charge in [-0.05, 0) is 68.4 Å². The fourth-order valence-corrected chi connectivity index (χ4v) is 3.51. The molecule has 3 rings (SSSR count). The zero-order chi connectivity index (χ0) is 29.8. The van der Waals surface area contributed by atoms with Crippen molar-refractivity contribution in [1.29, 1.82) is 0 Å². The maximum absolute atomic E-state index is 12.8. The van der Waals surface area contributed by atoms with E-state index in [1.807, 2.05) is 0 Å². The maximum atomic E-state index is 12.8. The molecule has 0 aliphatic heterocycles. The predicted octanol–water partition coefficient (Wildman–Crippen LogP) is 6.91. The largest absolute Gasteiger partial charge is 0.457 e. The number of benzene rings is 3. The van der Waals surface area contributed by atoms with Crippen LogP contribution in [0.1, 0.15) is 30.5 Å². The van der Waals surface area contributed by atoms with Gasteiger partial charge in [-0.15, -0.1) is 0 Å². The highest BCUT2D eigenvalue weighted by atomic mass is 19.4. The lowest BCUT2D eigenvalue weighted by Crippen LogP contribution is -2.33. The number of halogens is 3. The number of nitrogens with zero attached hydrogens (tertiary/aromatic N) is 4. The molecule has 0 saturated heterocycles. The fourth-order valence-electron chi connectivity index (χ4n) is 3.51.